The Hall–Kier alpha value is -4.13. The van der Waals surface area contributed by atoms with Crippen LogP contribution < -0.4 is 5.32 Å². The van der Waals surface area contributed by atoms with E-state index in [-0.39, 0.29) is 18.9 Å². The fraction of sp³-hybridized carbons (Fsp3) is 0.691. The topological polar surface area (TPSA) is 228 Å². The first-order valence-electron chi connectivity index (χ1n) is 37.6. The van der Waals surface area contributed by atoms with E-state index in [1.165, 1.54) is 116 Å². The van der Waals surface area contributed by atoms with E-state index in [9.17, 15) is 45.6 Å². The maximum atomic E-state index is 13.4. The van der Waals surface area contributed by atoms with Gasteiger partial charge in [-0.1, -0.05) is 301 Å². The maximum Gasteiger partial charge on any atom is 0.220 e. The molecule has 0 aromatic carbocycles. The van der Waals surface area contributed by atoms with Crippen molar-refractivity contribution in [2.75, 3.05) is 19.8 Å². The number of nitrogens with one attached hydrogen (secondary N) is 1. The lowest BCUT2D eigenvalue weighted by Crippen LogP contribution is -2.65. The van der Waals surface area contributed by atoms with Crippen LogP contribution in [0.5, 0.6) is 0 Å². The third-order valence-electron chi connectivity index (χ3n) is 17.3. The number of hydrogen-bond acceptors (Lipinski definition) is 13. The zero-order valence-electron chi connectivity index (χ0n) is 59.1. The summed E-state index contributed by atoms with van der Waals surface area (Å²) in [4.78, 5) is 13.4. The second kappa shape index (κ2) is 63.3. The van der Waals surface area contributed by atoms with Crippen LogP contribution in [0.15, 0.2) is 146 Å². The van der Waals surface area contributed by atoms with Crippen molar-refractivity contribution in [3.63, 3.8) is 0 Å². The lowest BCUT2D eigenvalue weighted by atomic mass is 9.97. The van der Waals surface area contributed by atoms with Crippen LogP contribution in [-0.4, -0.2) is 140 Å². The molecule has 0 spiro atoms. The Morgan fingerprint density at radius 2 is 0.726 bits per heavy atom. The minimum Gasteiger partial charge on any atom is -0.394 e. The van der Waals surface area contributed by atoms with Crippen LogP contribution in [0.3, 0.4) is 0 Å². The minimum atomic E-state index is -1.80. The van der Waals surface area contributed by atoms with E-state index < -0.39 is 86.8 Å². The van der Waals surface area contributed by atoms with E-state index in [0.29, 0.717) is 6.42 Å². The number of allylic oxidation sites excluding steroid dienone is 23. The monoisotopic (exact) mass is 1330 g/mol. The van der Waals surface area contributed by atoms with Crippen LogP contribution >= 0.6 is 0 Å². The lowest BCUT2D eigenvalue weighted by Gasteiger charge is -2.46. The molecule has 0 aromatic heterocycles. The average molecular weight is 1330 g/mol. The first-order valence-corrected chi connectivity index (χ1v) is 37.6. The van der Waals surface area contributed by atoms with Gasteiger partial charge in [-0.2, -0.15) is 0 Å². The van der Waals surface area contributed by atoms with Gasteiger partial charge in [0.25, 0.3) is 0 Å². The van der Waals surface area contributed by atoms with Gasteiger partial charge in [0.05, 0.1) is 32.0 Å². The van der Waals surface area contributed by atoms with Gasteiger partial charge in [0.1, 0.15) is 48.8 Å². The van der Waals surface area contributed by atoms with Gasteiger partial charge in [-0.05, 0) is 103 Å². The molecule has 14 nitrogen and oxygen atoms in total. The fourth-order valence-electron chi connectivity index (χ4n) is 11.4. The van der Waals surface area contributed by atoms with E-state index in [0.717, 1.165) is 122 Å². The van der Waals surface area contributed by atoms with Gasteiger partial charge in [0, 0.05) is 6.42 Å². The molecule has 2 aliphatic rings. The number of carbonyl (C=O) groups excluding carboxylic acids is 1. The second-order valence-electron chi connectivity index (χ2n) is 25.7. The van der Waals surface area contributed by atoms with Gasteiger partial charge in [0.15, 0.2) is 12.6 Å². The van der Waals surface area contributed by atoms with Crippen LogP contribution in [0.2, 0.25) is 0 Å². The van der Waals surface area contributed by atoms with Crippen molar-refractivity contribution in [3.05, 3.63) is 146 Å². The molecule has 2 aliphatic heterocycles. The molecule has 14 heteroatoms. The number of hydrogen-bond donors (Lipinski definition) is 9. The van der Waals surface area contributed by atoms with Crippen molar-refractivity contribution >= 4 is 5.91 Å². The van der Waals surface area contributed by atoms with Gasteiger partial charge >= 0.3 is 0 Å². The third kappa shape index (κ3) is 46.7. The number of amides is 1. The van der Waals surface area contributed by atoms with E-state index in [1.807, 2.05) is 6.08 Å². The summed E-state index contributed by atoms with van der Waals surface area (Å²) in [6.45, 7) is 2.68. The molecule has 12 atom stereocenters. The Morgan fingerprint density at radius 3 is 1.12 bits per heavy atom. The zero-order chi connectivity index (χ0) is 68.7. The second-order valence-corrected chi connectivity index (χ2v) is 25.7. The first-order chi connectivity index (χ1) is 46.6. The van der Waals surface area contributed by atoms with Crippen molar-refractivity contribution in [1.82, 2.24) is 5.32 Å². The van der Waals surface area contributed by atoms with Crippen LogP contribution in [0, 0.1) is 0 Å². The summed E-state index contributed by atoms with van der Waals surface area (Å²) >= 11 is 0. The summed E-state index contributed by atoms with van der Waals surface area (Å²) in [7, 11) is 0. The molecule has 95 heavy (non-hydrogen) atoms. The molecule has 542 valence electrons. The van der Waals surface area contributed by atoms with Gasteiger partial charge in [0.2, 0.25) is 5.91 Å². The van der Waals surface area contributed by atoms with Gasteiger partial charge < -0.3 is 65.1 Å². The lowest BCUT2D eigenvalue weighted by molar-refractivity contribution is -0.359. The van der Waals surface area contributed by atoms with Crippen LogP contribution in [0.4, 0.5) is 0 Å². The Bertz CT molecular complexity index is 2160. The fourth-order valence-corrected chi connectivity index (χ4v) is 11.4. The van der Waals surface area contributed by atoms with Crippen molar-refractivity contribution in [2.24, 2.45) is 0 Å². The number of ether oxygens (including phenoxy) is 4. The summed E-state index contributed by atoms with van der Waals surface area (Å²) in [5.74, 6) is -0.262. The molecule has 0 bridgehead atoms. The molecule has 1 amide bonds. The minimum absolute atomic E-state index is 0.250. The number of rotatable bonds is 60. The van der Waals surface area contributed by atoms with Crippen molar-refractivity contribution in [1.29, 1.82) is 0 Å². The van der Waals surface area contributed by atoms with E-state index in [1.54, 1.807) is 6.08 Å². The summed E-state index contributed by atoms with van der Waals surface area (Å²) in [5, 5.41) is 87.5. The first kappa shape index (κ1) is 87.0. The molecule has 2 saturated heterocycles. The SMILES string of the molecule is CC/C=C\C/C=C\C/C=C\C/C=C\C/C=C\C/C=C\C/C=C\C/C=C\C/C=C\C/C=C\C/C=C\CCCCCCCC(=O)NC(COC1OC(CO)C(OC2OC(CO)C(O)C(O)C2O)C(O)C1O)C(O)/C=C/CCCCCCCCCCCCCCCCCCCCCC. The quantitative estimate of drug-likeness (QED) is 0.0204. The maximum absolute atomic E-state index is 13.4. The molecule has 12 unspecified atom stereocenters. The molecular weight excluding hydrogens is 1190 g/mol. The number of unbranched alkanes of at least 4 members (excludes halogenated alkanes) is 25. The highest BCUT2D eigenvalue weighted by Gasteiger charge is 2.51. The van der Waals surface area contributed by atoms with Crippen molar-refractivity contribution < 1.29 is 64.6 Å². The summed E-state index contributed by atoms with van der Waals surface area (Å²) in [6.07, 6.45) is 79.0. The Kier molecular flexibility index (Phi) is 58.0. The molecular formula is C81H135NO13. The highest BCUT2D eigenvalue weighted by atomic mass is 16.7. The van der Waals surface area contributed by atoms with Gasteiger partial charge in [-0.25, -0.2) is 0 Å². The molecule has 2 heterocycles. The van der Waals surface area contributed by atoms with Crippen LogP contribution in [-0.2, 0) is 23.7 Å². The molecule has 2 rings (SSSR count). The molecule has 9 N–H and O–H groups in total. The number of carbonyl (C=O) groups is 1. The van der Waals surface area contributed by atoms with Gasteiger partial charge in [-0.15, -0.1) is 0 Å². The third-order valence-corrected chi connectivity index (χ3v) is 17.3. The Morgan fingerprint density at radius 1 is 0.389 bits per heavy atom. The predicted octanol–water partition coefficient (Wildman–Crippen LogP) is 16.4. The normalized spacial score (nSPS) is 23.2. The average Bonchev–Trinajstić information content (AvgIpc) is 0.801. The smallest absolute Gasteiger partial charge is 0.220 e. The molecule has 0 aromatic rings. The molecule has 2 fully saturated rings. The largest absolute Gasteiger partial charge is 0.394 e. The van der Waals surface area contributed by atoms with E-state index in [2.05, 4.69) is 153 Å². The Labute approximate surface area is 576 Å². The van der Waals surface area contributed by atoms with E-state index in [4.69, 9.17) is 18.9 Å². The number of aliphatic hydroxyl groups is 8. The summed E-state index contributed by atoms with van der Waals surface area (Å²) < 4.78 is 22.9. The Balaban J connectivity index is 1.67. The molecule has 0 aliphatic carbocycles. The predicted molar refractivity (Wildman–Crippen MR) is 391 cm³/mol. The van der Waals surface area contributed by atoms with Crippen molar-refractivity contribution in [2.45, 2.75) is 338 Å². The summed E-state index contributed by atoms with van der Waals surface area (Å²) in [6, 6.07) is -0.938. The highest BCUT2D eigenvalue weighted by Crippen LogP contribution is 2.30. The molecule has 0 saturated carbocycles. The van der Waals surface area contributed by atoms with E-state index >= 15 is 0 Å². The van der Waals surface area contributed by atoms with Gasteiger partial charge in [-0.3, -0.25) is 4.79 Å². The van der Waals surface area contributed by atoms with Crippen LogP contribution in [0.25, 0.3) is 0 Å². The standard InChI is InChI=1S/C81H135NO13/c1-3-5-7-9-11-13-15-17-19-21-23-25-27-28-29-30-31-32-33-34-35-36-37-38-39-40-41-42-43-45-47-49-51-53-55-57-59-61-63-65-73(86)82-69(68-92-80-78(91)76(89)79(72(67-84)94-80)95-81-77(90)75(88)74(87)71(66-83)93-81)70(85)64-62-60-58-56-54-52-50-48-46-44-26-24-22-20-18-16-14-12-10-8-6-4-2/h5,7,11,13,17,19,23,25,28-29,31-32,34-35,37-38,40-41,43,45,49,51,62,64,69-72,74-81,83-85,87-91H,3-4,6,8-10,12,14-16,18,20-22,24,26-27,30,33,36,39,42,44,46-48,50,52-61,63,65-68H2,1-2H3,(H,82,86)/b7-5-,13-11-,19-17-,25-23-,29-28-,32-31-,35-34-,38-37-,41-40-,45-43-,51-49-,64-62+. The molecule has 0 radical (unpaired) electrons. The summed E-state index contributed by atoms with van der Waals surface area (Å²) in [5.41, 5.74) is 0. The zero-order valence-corrected chi connectivity index (χ0v) is 59.1. The highest BCUT2D eigenvalue weighted by molar-refractivity contribution is 5.76. The van der Waals surface area contributed by atoms with Crippen molar-refractivity contribution in [3.8, 4) is 0 Å². The number of aliphatic hydroxyl groups excluding tert-OH is 8. The van der Waals surface area contributed by atoms with Crippen LogP contribution in [0.1, 0.15) is 264 Å².